The van der Waals surface area contributed by atoms with Gasteiger partial charge < -0.3 is 9.47 Å². The van der Waals surface area contributed by atoms with Gasteiger partial charge in [-0.05, 0) is 54.4 Å². The first kappa shape index (κ1) is 20.2. The number of carbonyl (C=O) groups excluding carboxylic acids is 1. The molecule has 0 aliphatic carbocycles. The number of rotatable bonds is 4. The quantitative estimate of drug-likeness (QED) is 0.680. The van der Waals surface area contributed by atoms with Gasteiger partial charge in [-0.2, -0.15) is 0 Å². The SMILES string of the molecule is CCS(=O)(=O)N[C@@H]1C[C@@]23CCO[C@H]4[C@@H]2[C@H](C(=O)N4c2ccc(Cl)c(Br)c2)[C@]1(C)O3. The van der Waals surface area contributed by atoms with Gasteiger partial charge in [-0.3, -0.25) is 9.69 Å². The summed E-state index contributed by atoms with van der Waals surface area (Å²) in [6.45, 7) is 3.92. The van der Waals surface area contributed by atoms with Crippen LogP contribution in [0.4, 0.5) is 5.69 Å². The van der Waals surface area contributed by atoms with Gasteiger partial charge in [0.2, 0.25) is 15.9 Å². The predicted molar refractivity (Wildman–Crippen MR) is 111 cm³/mol. The lowest BCUT2D eigenvalue weighted by molar-refractivity contribution is -0.139. The van der Waals surface area contributed by atoms with Gasteiger partial charge in [0.1, 0.15) is 6.23 Å². The van der Waals surface area contributed by atoms with Crippen molar-refractivity contribution in [1.29, 1.82) is 0 Å². The summed E-state index contributed by atoms with van der Waals surface area (Å²) in [7, 11) is -3.42. The maximum absolute atomic E-state index is 13.6. The number of fused-ring (bicyclic) bond motifs is 2. The van der Waals surface area contributed by atoms with Crippen LogP contribution in [0.3, 0.4) is 0 Å². The van der Waals surface area contributed by atoms with Crippen molar-refractivity contribution < 1.29 is 22.7 Å². The first-order valence-corrected chi connectivity index (χ1v) is 12.5. The molecule has 0 radical (unpaired) electrons. The Morgan fingerprint density at radius 2 is 2.17 bits per heavy atom. The molecule has 1 aromatic rings. The summed E-state index contributed by atoms with van der Waals surface area (Å²) in [6.07, 6.45) is 0.769. The van der Waals surface area contributed by atoms with Gasteiger partial charge in [-0.1, -0.05) is 11.6 Å². The number of anilines is 1. The van der Waals surface area contributed by atoms with E-state index in [0.717, 1.165) is 0 Å². The summed E-state index contributed by atoms with van der Waals surface area (Å²) in [4.78, 5) is 15.3. The number of hydrogen-bond donors (Lipinski definition) is 1. The molecule has 4 fully saturated rings. The number of sulfonamides is 1. The lowest BCUT2D eigenvalue weighted by Gasteiger charge is -2.42. The second kappa shape index (κ2) is 6.40. The molecule has 1 amide bonds. The van der Waals surface area contributed by atoms with E-state index in [0.29, 0.717) is 34.6 Å². The van der Waals surface area contributed by atoms with Crippen molar-refractivity contribution in [2.24, 2.45) is 11.8 Å². The molecule has 1 aromatic carbocycles. The maximum atomic E-state index is 13.6. The van der Waals surface area contributed by atoms with E-state index in [4.69, 9.17) is 21.1 Å². The van der Waals surface area contributed by atoms with E-state index in [1.165, 1.54) is 0 Å². The fourth-order valence-electron chi connectivity index (χ4n) is 5.72. The zero-order valence-corrected chi connectivity index (χ0v) is 19.2. The molecule has 7 nitrogen and oxygen atoms in total. The highest BCUT2D eigenvalue weighted by atomic mass is 79.9. The van der Waals surface area contributed by atoms with Crippen LogP contribution in [-0.2, 0) is 24.3 Å². The van der Waals surface area contributed by atoms with Crippen LogP contribution >= 0.6 is 27.5 Å². The average Bonchev–Trinajstić information content (AvgIpc) is 3.21. The molecule has 10 heteroatoms. The standard InChI is InChI=1S/C19H22BrClN2O5S/c1-3-29(25,26)22-13-9-19-6-7-27-17-15(19)14(18(13,2)28-19)16(24)23(17)10-4-5-12(21)11(20)8-10/h4-5,8,13-15,17,22H,3,6-7,9H2,1-2H3/t13-,14-,15+,17+,18-,19+/m1/s1. The van der Waals surface area contributed by atoms with Crippen molar-refractivity contribution in [3.05, 3.63) is 27.7 Å². The summed E-state index contributed by atoms with van der Waals surface area (Å²) in [5.74, 6) is -0.710. The highest BCUT2D eigenvalue weighted by Crippen LogP contribution is 2.65. The minimum absolute atomic E-state index is 0.00865. The summed E-state index contributed by atoms with van der Waals surface area (Å²) in [5, 5.41) is 0.561. The molecule has 5 rings (SSSR count). The van der Waals surface area contributed by atoms with Gasteiger partial charge in [0.05, 0.1) is 40.5 Å². The van der Waals surface area contributed by atoms with Gasteiger partial charge in [0, 0.05) is 22.5 Å². The van der Waals surface area contributed by atoms with Crippen LogP contribution in [0.5, 0.6) is 0 Å². The number of carbonyl (C=O) groups is 1. The number of nitrogens with zero attached hydrogens (tertiary/aromatic N) is 1. The smallest absolute Gasteiger partial charge is 0.235 e. The third kappa shape index (κ3) is 2.71. The van der Waals surface area contributed by atoms with Crippen LogP contribution in [-0.4, -0.2) is 50.2 Å². The molecular weight excluding hydrogens is 484 g/mol. The Morgan fingerprint density at radius 3 is 2.86 bits per heavy atom. The molecule has 4 heterocycles. The summed E-state index contributed by atoms with van der Waals surface area (Å²) in [6, 6.07) is 4.92. The van der Waals surface area contributed by atoms with Crippen LogP contribution in [0.15, 0.2) is 22.7 Å². The number of amides is 1. The molecule has 158 valence electrons. The van der Waals surface area contributed by atoms with Crippen LogP contribution in [0.1, 0.15) is 26.7 Å². The van der Waals surface area contributed by atoms with Gasteiger partial charge in [0.15, 0.2) is 0 Å². The fraction of sp³-hybridized carbons (Fsp3) is 0.632. The van der Waals surface area contributed by atoms with Crippen LogP contribution in [0.2, 0.25) is 5.02 Å². The topological polar surface area (TPSA) is 84.9 Å². The van der Waals surface area contributed by atoms with Crippen molar-refractivity contribution in [1.82, 2.24) is 4.72 Å². The number of nitrogens with one attached hydrogen (secondary N) is 1. The molecule has 1 spiro atoms. The monoisotopic (exact) mass is 504 g/mol. The number of ether oxygens (including phenoxy) is 2. The van der Waals surface area contributed by atoms with E-state index < -0.39 is 39.4 Å². The van der Waals surface area contributed by atoms with Crippen LogP contribution in [0, 0.1) is 11.8 Å². The lowest BCUT2D eigenvalue weighted by atomic mass is 9.64. The highest BCUT2D eigenvalue weighted by molar-refractivity contribution is 9.10. The molecule has 4 saturated heterocycles. The van der Waals surface area contributed by atoms with Crippen molar-refractivity contribution >= 4 is 49.1 Å². The number of benzene rings is 1. The van der Waals surface area contributed by atoms with Gasteiger partial charge in [-0.15, -0.1) is 0 Å². The van der Waals surface area contributed by atoms with Crippen molar-refractivity contribution in [2.75, 3.05) is 17.3 Å². The van der Waals surface area contributed by atoms with Gasteiger partial charge in [0.25, 0.3) is 0 Å². The summed E-state index contributed by atoms with van der Waals surface area (Å²) in [5.41, 5.74) is -0.762. The molecule has 29 heavy (non-hydrogen) atoms. The lowest BCUT2D eigenvalue weighted by Crippen LogP contribution is -2.58. The normalized spacial score (nSPS) is 40.6. The minimum Gasteiger partial charge on any atom is -0.366 e. The Morgan fingerprint density at radius 1 is 1.41 bits per heavy atom. The summed E-state index contributed by atoms with van der Waals surface area (Å²) >= 11 is 9.55. The predicted octanol–water partition coefficient (Wildman–Crippen LogP) is 2.67. The Bertz CT molecular complexity index is 1010. The molecule has 0 aromatic heterocycles. The number of hydrogen-bond acceptors (Lipinski definition) is 5. The molecule has 0 saturated carbocycles. The van der Waals surface area contributed by atoms with E-state index in [1.54, 1.807) is 24.0 Å². The highest BCUT2D eigenvalue weighted by Gasteiger charge is 2.78. The largest absolute Gasteiger partial charge is 0.366 e. The Balaban J connectivity index is 1.57. The van der Waals surface area contributed by atoms with Gasteiger partial charge >= 0.3 is 0 Å². The van der Waals surface area contributed by atoms with E-state index >= 15 is 0 Å². The van der Waals surface area contributed by atoms with Gasteiger partial charge in [-0.25, -0.2) is 13.1 Å². The Kier molecular flexibility index (Phi) is 4.46. The zero-order chi connectivity index (χ0) is 20.8. The first-order valence-electron chi connectivity index (χ1n) is 9.72. The number of halogens is 2. The maximum Gasteiger partial charge on any atom is 0.235 e. The molecule has 6 atom stereocenters. The second-order valence-corrected chi connectivity index (χ2v) is 11.8. The molecule has 4 aliphatic heterocycles. The third-order valence-corrected chi connectivity index (χ3v) is 9.63. The zero-order valence-electron chi connectivity index (χ0n) is 16.0. The molecule has 0 unspecified atom stereocenters. The Hall–Kier alpha value is -0.710. The van der Waals surface area contributed by atoms with Crippen molar-refractivity contribution in [3.8, 4) is 0 Å². The molecular formula is C19H22BrClN2O5S. The van der Waals surface area contributed by atoms with E-state index in [1.807, 2.05) is 13.0 Å². The average molecular weight is 506 g/mol. The third-order valence-electron chi connectivity index (χ3n) is 7.01. The summed E-state index contributed by atoms with van der Waals surface area (Å²) < 4.78 is 40.6. The Labute approximate surface area is 183 Å². The van der Waals surface area contributed by atoms with Crippen molar-refractivity contribution in [2.45, 2.75) is 50.2 Å². The van der Waals surface area contributed by atoms with E-state index in [-0.39, 0.29) is 17.6 Å². The van der Waals surface area contributed by atoms with Crippen molar-refractivity contribution in [3.63, 3.8) is 0 Å². The van der Waals surface area contributed by atoms with Crippen LogP contribution in [0.25, 0.3) is 0 Å². The van der Waals surface area contributed by atoms with E-state index in [9.17, 15) is 13.2 Å². The molecule has 4 aliphatic rings. The minimum atomic E-state index is -3.42. The first-order chi connectivity index (χ1) is 13.6. The molecule has 1 N–H and O–H groups in total. The second-order valence-electron chi connectivity index (χ2n) is 8.45. The van der Waals surface area contributed by atoms with Crippen LogP contribution < -0.4 is 9.62 Å². The molecule has 2 bridgehead atoms. The van der Waals surface area contributed by atoms with E-state index in [2.05, 4.69) is 20.7 Å². The fourth-order valence-corrected chi connectivity index (χ4v) is 7.12.